The predicted molar refractivity (Wildman–Crippen MR) is 159 cm³/mol. The first-order valence-corrected chi connectivity index (χ1v) is 14.8. The third-order valence-corrected chi connectivity index (χ3v) is 8.54. The SMILES string of the molecule is CC(C)(C)c1ccc(CCC(O)C2CCCCCC2)cc1NC(=O)CC1c2ccccc2Oc2ccccc21. The van der Waals surface area contributed by atoms with Crippen LogP contribution < -0.4 is 10.1 Å². The highest BCUT2D eigenvalue weighted by Gasteiger charge is 2.29. The Balaban J connectivity index is 1.33. The van der Waals surface area contributed by atoms with Crippen molar-refractivity contribution < 1.29 is 14.6 Å². The number of benzene rings is 3. The molecule has 2 N–H and O–H groups in total. The Morgan fingerprint density at radius 1 is 0.923 bits per heavy atom. The van der Waals surface area contributed by atoms with Crippen molar-refractivity contribution in [1.29, 1.82) is 0 Å². The van der Waals surface area contributed by atoms with Crippen molar-refractivity contribution >= 4 is 11.6 Å². The minimum atomic E-state index is -0.253. The zero-order valence-electron chi connectivity index (χ0n) is 23.7. The predicted octanol–water partition coefficient (Wildman–Crippen LogP) is 8.51. The van der Waals surface area contributed by atoms with Crippen LogP contribution in [0.1, 0.15) is 100 Å². The van der Waals surface area contributed by atoms with Crippen molar-refractivity contribution in [3.8, 4) is 11.5 Å². The molecule has 0 radical (unpaired) electrons. The molecule has 1 heterocycles. The molecule has 0 spiro atoms. The van der Waals surface area contributed by atoms with Crippen molar-refractivity contribution in [2.45, 2.75) is 96.0 Å². The smallest absolute Gasteiger partial charge is 0.225 e. The molecule has 4 nitrogen and oxygen atoms in total. The van der Waals surface area contributed by atoms with Crippen LogP contribution in [0.3, 0.4) is 0 Å². The number of para-hydroxylation sites is 2. The monoisotopic (exact) mass is 525 g/mol. The summed E-state index contributed by atoms with van der Waals surface area (Å²) in [6.45, 7) is 6.54. The molecule has 1 aliphatic heterocycles. The van der Waals surface area contributed by atoms with Gasteiger partial charge >= 0.3 is 0 Å². The second-order valence-electron chi connectivity index (χ2n) is 12.5. The van der Waals surface area contributed by atoms with Crippen LogP contribution in [-0.4, -0.2) is 17.1 Å². The summed E-state index contributed by atoms with van der Waals surface area (Å²) in [5.74, 6) is 1.98. The molecular formula is C35H43NO3. The van der Waals surface area contributed by atoms with E-state index in [1.165, 1.54) is 25.7 Å². The average Bonchev–Trinajstić information content (AvgIpc) is 3.21. The maximum Gasteiger partial charge on any atom is 0.225 e. The van der Waals surface area contributed by atoms with E-state index in [0.29, 0.717) is 12.3 Å². The van der Waals surface area contributed by atoms with Crippen LogP contribution >= 0.6 is 0 Å². The summed E-state index contributed by atoms with van der Waals surface area (Å²) in [5.41, 5.74) is 5.14. The minimum absolute atomic E-state index is 0.00681. The Labute approximate surface area is 233 Å². The van der Waals surface area contributed by atoms with Gasteiger partial charge in [0, 0.05) is 29.2 Å². The summed E-state index contributed by atoms with van der Waals surface area (Å²) < 4.78 is 6.13. The molecule has 1 atom stereocenters. The number of hydrogen-bond donors (Lipinski definition) is 2. The molecule has 3 aromatic carbocycles. The number of aliphatic hydroxyl groups is 1. The molecule has 1 unspecified atom stereocenters. The molecule has 206 valence electrons. The van der Waals surface area contributed by atoms with Crippen molar-refractivity contribution in [3.63, 3.8) is 0 Å². The van der Waals surface area contributed by atoms with Gasteiger partial charge in [-0.3, -0.25) is 4.79 Å². The van der Waals surface area contributed by atoms with E-state index in [1.54, 1.807) is 0 Å². The third kappa shape index (κ3) is 6.55. The van der Waals surface area contributed by atoms with Crippen LogP contribution in [0.5, 0.6) is 11.5 Å². The Kier molecular flexibility index (Phi) is 8.42. The van der Waals surface area contributed by atoms with Crippen molar-refractivity contribution in [2.75, 3.05) is 5.32 Å². The van der Waals surface area contributed by atoms with E-state index in [9.17, 15) is 9.90 Å². The van der Waals surface area contributed by atoms with Gasteiger partial charge in [-0.1, -0.05) is 95.0 Å². The second-order valence-corrected chi connectivity index (χ2v) is 12.5. The summed E-state index contributed by atoms with van der Waals surface area (Å²) in [7, 11) is 0. The lowest BCUT2D eigenvalue weighted by Crippen LogP contribution is -2.22. The van der Waals surface area contributed by atoms with Gasteiger partial charge in [0.2, 0.25) is 5.91 Å². The number of fused-ring (bicyclic) bond motifs is 2. The number of anilines is 1. The molecule has 0 saturated heterocycles. The fraction of sp³-hybridized carbons (Fsp3) is 0.457. The van der Waals surface area contributed by atoms with Crippen LogP contribution in [0.25, 0.3) is 0 Å². The number of carbonyl (C=O) groups is 1. The van der Waals surface area contributed by atoms with Gasteiger partial charge in [0.15, 0.2) is 0 Å². The Bertz CT molecular complexity index is 1240. The van der Waals surface area contributed by atoms with E-state index < -0.39 is 0 Å². The largest absolute Gasteiger partial charge is 0.457 e. The number of nitrogens with one attached hydrogen (secondary N) is 1. The molecular weight excluding hydrogens is 482 g/mol. The van der Waals surface area contributed by atoms with Crippen LogP contribution in [0.4, 0.5) is 5.69 Å². The van der Waals surface area contributed by atoms with Gasteiger partial charge in [0.05, 0.1) is 6.10 Å². The summed E-state index contributed by atoms with van der Waals surface area (Å²) in [6, 6.07) is 22.5. The molecule has 1 aliphatic carbocycles. The highest BCUT2D eigenvalue weighted by Crippen LogP contribution is 2.45. The number of aliphatic hydroxyl groups excluding tert-OH is 1. The number of amides is 1. The zero-order valence-corrected chi connectivity index (χ0v) is 23.7. The van der Waals surface area contributed by atoms with Crippen molar-refractivity contribution in [3.05, 3.63) is 89.0 Å². The van der Waals surface area contributed by atoms with Crippen molar-refractivity contribution in [2.24, 2.45) is 5.92 Å². The van der Waals surface area contributed by atoms with Gasteiger partial charge in [-0.15, -0.1) is 0 Å². The third-order valence-electron chi connectivity index (χ3n) is 8.54. The molecule has 1 saturated carbocycles. The molecule has 1 amide bonds. The fourth-order valence-corrected chi connectivity index (χ4v) is 6.37. The van der Waals surface area contributed by atoms with Gasteiger partial charge in [-0.25, -0.2) is 0 Å². The Morgan fingerprint density at radius 2 is 1.54 bits per heavy atom. The molecule has 4 heteroatoms. The highest BCUT2D eigenvalue weighted by atomic mass is 16.5. The first-order valence-electron chi connectivity index (χ1n) is 14.8. The van der Waals surface area contributed by atoms with E-state index in [-0.39, 0.29) is 23.3 Å². The topological polar surface area (TPSA) is 58.6 Å². The normalized spacial score (nSPS) is 16.9. The van der Waals surface area contributed by atoms with Crippen LogP contribution in [0, 0.1) is 5.92 Å². The summed E-state index contributed by atoms with van der Waals surface area (Å²) in [6.07, 6.45) is 9.02. The van der Waals surface area contributed by atoms with Gasteiger partial charge in [0.25, 0.3) is 0 Å². The number of hydrogen-bond acceptors (Lipinski definition) is 3. The molecule has 3 aromatic rings. The Morgan fingerprint density at radius 3 is 2.15 bits per heavy atom. The standard InChI is InChI=1S/C35H43NO3/c1-35(2,3)29-20-18-24(19-21-31(37)25-12-6-4-5-7-13-25)22-30(29)36-34(38)23-28-26-14-8-10-16-32(26)39-33-17-11-9-15-27(28)33/h8-11,14-18,20,22,25,28,31,37H,4-7,12-13,19,21,23H2,1-3H3,(H,36,38). The van der Waals surface area contributed by atoms with Gasteiger partial charge in [-0.05, 0) is 66.3 Å². The molecule has 39 heavy (non-hydrogen) atoms. The maximum atomic E-state index is 13.6. The Hall–Kier alpha value is -3.11. The van der Waals surface area contributed by atoms with Gasteiger partial charge in [0.1, 0.15) is 11.5 Å². The second kappa shape index (κ2) is 12.0. The zero-order chi connectivity index (χ0) is 27.4. The first kappa shape index (κ1) is 27.5. The molecule has 2 aliphatic rings. The maximum absolute atomic E-state index is 13.6. The van der Waals surface area contributed by atoms with Crippen LogP contribution in [0.15, 0.2) is 66.7 Å². The average molecular weight is 526 g/mol. The van der Waals surface area contributed by atoms with E-state index >= 15 is 0 Å². The number of ether oxygens (including phenoxy) is 1. The molecule has 5 rings (SSSR count). The minimum Gasteiger partial charge on any atom is -0.457 e. The van der Waals surface area contributed by atoms with E-state index in [2.05, 4.69) is 56.4 Å². The molecule has 0 aromatic heterocycles. The van der Waals surface area contributed by atoms with E-state index in [0.717, 1.165) is 65.1 Å². The lowest BCUT2D eigenvalue weighted by molar-refractivity contribution is -0.116. The van der Waals surface area contributed by atoms with Crippen molar-refractivity contribution in [1.82, 2.24) is 0 Å². The molecule has 0 bridgehead atoms. The number of aryl methyl sites for hydroxylation is 1. The van der Waals surface area contributed by atoms with Gasteiger partial charge in [-0.2, -0.15) is 0 Å². The summed E-state index contributed by atoms with van der Waals surface area (Å²) in [4.78, 5) is 13.6. The number of carbonyl (C=O) groups excluding carboxylic acids is 1. The summed E-state index contributed by atoms with van der Waals surface area (Å²) in [5, 5.41) is 14.2. The van der Waals surface area contributed by atoms with Crippen LogP contribution in [-0.2, 0) is 16.6 Å². The van der Waals surface area contributed by atoms with E-state index in [1.807, 2.05) is 36.4 Å². The lowest BCUT2D eigenvalue weighted by Gasteiger charge is -2.28. The summed E-state index contributed by atoms with van der Waals surface area (Å²) >= 11 is 0. The lowest BCUT2D eigenvalue weighted by atomic mass is 9.83. The van der Waals surface area contributed by atoms with E-state index in [4.69, 9.17) is 4.74 Å². The quantitative estimate of drug-likeness (QED) is 0.304. The van der Waals surface area contributed by atoms with Gasteiger partial charge < -0.3 is 15.2 Å². The highest BCUT2D eigenvalue weighted by molar-refractivity contribution is 5.93. The number of rotatable bonds is 7. The first-order chi connectivity index (χ1) is 18.8. The van der Waals surface area contributed by atoms with Crippen LogP contribution in [0.2, 0.25) is 0 Å². The molecule has 1 fully saturated rings. The fourth-order valence-electron chi connectivity index (χ4n) is 6.37.